The lowest BCUT2D eigenvalue weighted by Gasteiger charge is -2.29. The predicted octanol–water partition coefficient (Wildman–Crippen LogP) is 4.52. The molecule has 2 atom stereocenters. The minimum absolute atomic E-state index is 0.685. The Morgan fingerprint density at radius 3 is 2.62 bits per heavy atom. The van der Waals surface area contributed by atoms with E-state index in [4.69, 9.17) is 4.74 Å². The topological polar surface area (TPSA) is 21.3 Å². The summed E-state index contributed by atoms with van der Waals surface area (Å²) in [5, 5.41) is 6.27. The molecule has 0 saturated heterocycles. The van der Waals surface area contributed by atoms with E-state index < -0.39 is 0 Å². The molecule has 0 bridgehead atoms. The number of ether oxygens (including phenoxy) is 1. The van der Waals surface area contributed by atoms with E-state index in [-0.39, 0.29) is 0 Å². The van der Waals surface area contributed by atoms with Crippen LogP contribution in [-0.2, 0) is 6.54 Å². The Balaban J connectivity index is 1.69. The monoisotopic (exact) mass is 283 g/mol. The van der Waals surface area contributed by atoms with E-state index in [1.807, 2.05) is 6.07 Å². The van der Waals surface area contributed by atoms with Crippen molar-refractivity contribution in [1.29, 1.82) is 0 Å². The van der Waals surface area contributed by atoms with Crippen molar-refractivity contribution in [3.05, 3.63) is 42.0 Å². The van der Waals surface area contributed by atoms with Gasteiger partial charge in [0.25, 0.3) is 0 Å². The summed E-state index contributed by atoms with van der Waals surface area (Å²) in [5.74, 6) is 1.73. The predicted molar refractivity (Wildman–Crippen MR) is 88.8 cm³/mol. The highest BCUT2D eigenvalue weighted by atomic mass is 16.5. The highest BCUT2D eigenvalue weighted by Crippen LogP contribution is 2.25. The summed E-state index contributed by atoms with van der Waals surface area (Å²) in [7, 11) is 1.71. The van der Waals surface area contributed by atoms with E-state index in [0.717, 1.165) is 18.2 Å². The molecule has 112 valence electrons. The van der Waals surface area contributed by atoms with Crippen LogP contribution in [0.4, 0.5) is 0 Å². The van der Waals surface area contributed by atoms with E-state index in [2.05, 4.69) is 42.6 Å². The van der Waals surface area contributed by atoms with E-state index >= 15 is 0 Å². The van der Waals surface area contributed by atoms with E-state index in [0.29, 0.717) is 6.04 Å². The molecule has 21 heavy (non-hydrogen) atoms. The minimum atomic E-state index is 0.685. The number of benzene rings is 2. The van der Waals surface area contributed by atoms with Crippen molar-refractivity contribution < 1.29 is 4.74 Å². The molecule has 1 saturated carbocycles. The van der Waals surface area contributed by atoms with Crippen molar-refractivity contribution in [3.8, 4) is 5.75 Å². The van der Waals surface area contributed by atoms with Crippen molar-refractivity contribution in [3.63, 3.8) is 0 Å². The van der Waals surface area contributed by atoms with Gasteiger partial charge in [0.2, 0.25) is 0 Å². The second-order valence-corrected chi connectivity index (χ2v) is 6.30. The van der Waals surface area contributed by atoms with Crippen molar-refractivity contribution in [2.75, 3.05) is 7.11 Å². The SMILES string of the molecule is COc1ccc2cc(CNC3CCCCC3C)ccc2c1. The highest BCUT2D eigenvalue weighted by Gasteiger charge is 2.20. The van der Waals surface area contributed by atoms with Crippen LogP contribution in [0.3, 0.4) is 0 Å². The van der Waals surface area contributed by atoms with E-state index in [1.165, 1.54) is 42.0 Å². The smallest absolute Gasteiger partial charge is 0.119 e. The zero-order valence-electron chi connectivity index (χ0n) is 13.1. The molecular weight excluding hydrogens is 258 g/mol. The third-order valence-electron chi connectivity index (χ3n) is 4.79. The fourth-order valence-electron chi connectivity index (χ4n) is 3.38. The molecule has 1 N–H and O–H groups in total. The van der Waals surface area contributed by atoms with Crippen LogP contribution in [0.2, 0.25) is 0 Å². The minimum Gasteiger partial charge on any atom is -0.497 e. The van der Waals surface area contributed by atoms with Crippen LogP contribution >= 0.6 is 0 Å². The quantitative estimate of drug-likeness (QED) is 0.891. The van der Waals surface area contributed by atoms with Crippen LogP contribution in [0.15, 0.2) is 36.4 Å². The van der Waals surface area contributed by atoms with Crippen LogP contribution in [-0.4, -0.2) is 13.2 Å². The first-order valence-corrected chi connectivity index (χ1v) is 8.06. The number of hydrogen-bond acceptors (Lipinski definition) is 2. The molecule has 2 unspecified atom stereocenters. The maximum absolute atomic E-state index is 5.28. The highest BCUT2D eigenvalue weighted by molar-refractivity contribution is 5.84. The van der Waals surface area contributed by atoms with Crippen LogP contribution < -0.4 is 10.1 Å². The van der Waals surface area contributed by atoms with Crippen LogP contribution in [0.1, 0.15) is 38.2 Å². The van der Waals surface area contributed by atoms with Gasteiger partial charge in [-0.3, -0.25) is 0 Å². The number of methoxy groups -OCH3 is 1. The standard InChI is InChI=1S/C19H25NO/c1-14-5-3-4-6-19(14)20-13-15-7-8-17-12-18(21-2)10-9-16(17)11-15/h7-12,14,19-20H,3-6,13H2,1-2H3. The Kier molecular flexibility index (Phi) is 4.45. The van der Waals surface area contributed by atoms with Gasteiger partial charge in [0.1, 0.15) is 5.75 Å². The summed E-state index contributed by atoms with van der Waals surface area (Å²) in [6.07, 6.45) is 5.47. The second kappa shape index (κ2) is 6.48. The first kappa shape index (κ1) is 14.4. The van der Waals surface area contributed by atoms with Gasteiger partial charge in [0.05, 0.1) is 7.11 Å². The number of rotatable bonds is 4. The summed E-state index contributed by atoms with van der Waals surface area (Å²) >= 11 is 0. The molecule has 1 aliphatic carbocycles. The van der Waals surface area contributed by atoms with Crippen LogP contribution in [0.25, 0.3) is 10.8 Å². The lowest BCUT2D eigenvalue weighted by atomic mass is 9.86. The lowest BCUT2D eigenvalue weighted by molar-refractivity contribution is 0.279. The van der Waals surface area contributed by atoms with Gasteiger partial charge >= 0.3 is 0 Å². The number of fused-ring (bicyclic) bond motifs is 1. The van der Waals surface area contributed by atoms with Crippen LogP contribution in [0, 0.1) is 5.92 Å². The Morgan fingerprint density at radius 1 is 1.05 bits per heavy atom. The summed E-state index contributed by atoms with van der Waals surface area (Å²) in [4.78, 5) is 0. The largest absolute Gasteiger partial charge is 0.497 e. The van der Waals surface area contributed by atoms with E-state index in [1.54, 1.807) is 7.11 Å². The number of nitrogens with one attached hydrogen (secondary N) is 1. The van der Waals surface area contributed by atoms with E-state index in [9.17, 15) is 0 Å². The lowest BCUT2D eigenvalue weighted by Crippen LogP contribution is -2.36. The van der Waals surface area contributed by atoms with Crippen LogP contribution in [0.5, 0.6) is 5.75 Å². The maximum Gasteiger partial charge on any atom is 0.119 e. The molecule has 2 aromatic carbocycles. The fourth-order valence-corrected chi connectivity index (χ4v) is 3.38. The van der Waals surface area contributed by atoms with Gasteiger partial charge in [-0.05, 0) is 53.3 Å². The van der Waals surface area contributed by atoms with Gasteiger partial charge in [0.15, 0.2) is 0 Å². The molecule has 0 aromatic heterocycles. The molecule has 0 amide bonds. The third kappa shape index (κ3) is 3.38. The molecule has 2 heteroatoms. The van der Waals surface area contributed by atoms with Gasteiger partial charge in [-0.15, -0.1) is 0 Å². The normalized spacial score (nSPS) is 22.4. The Bertz CT molecular complexity index is 608. The van der Waals surface area contributed by atoms with Gasteiger partial charge < -0.3 is 10.1 Å². The molecule has 2 aromatic rings. The first-order chi connectivity index (χ1) is 10.3. The summed E-state index contributed by atoms with van der Waals surface area (Å²) in [5.41, 5.74) is 1.37. The zero-order valence-corrected chi connectivity index (χ0v) is 13.1. The molecule has 1 fully saturated rings. The van der Waals surface area contributed by atoms with Gasteiger partial charge in [0, 0.05) is 12.6 Å². The van der Waals surface area contributed by atoms with Gasteiger partial charge in [-0.2, -0.15) is 0 Å². The maximum atomic E-state index is 5.28. The Labute approximate surface area is 127 Å². The Morgan fingerprint density at radius 2 is 1.81 bits per heavy atom. The average molecular weight is 283 g/mol. The third-order valence-corrected chi connectivity index (χ3v) is 4.79. The zero-order chi connectivity index (χ0) is 14.7. The number of hydrogen-bond donors (Lipinski definition) is 1. The van der Waals surface area contributed by atoms with Gasteiger partial charge in [-0.25, -0.2) is 0 Å². The van der Waals surface area contributed by atoms with Gasteiger partial charge in [-0.1, -0.05) is 38.0 Å². The second-order valence-electron chi connectivity index (χ2n) is 6.30. The molecule has 0 spiro atoms. The summed E-state index contributed by atoms with van der Waals surface area (Å²) in [6, 6.07) is 13.7. The average Bonchev–Trinajstić information content (AvgIpc) is 2.53. The molecule has 0 heterocycles. The van der Waals surface area contributed by atoms with Crippen molar-refractivity contribution in [1.82, 2.24) is 5.32 Å². The molecule has 2 nitrogen and oxygen atoms in total. The van der Waals surface area contributed by atoms with Crippen molar-refractivity contribution in [2.45, 2.75) is 45.2 Å². The molecular formula is C19H25NO. The molecule has 0 aliphatic heterocycles. The fraction of sp³-hybridized carbons (Fsp3) is 0.474. The van der Waals surface area contributed by atoms with Crippen molar-refractivity contribution >= 4 is 10.8 Å². The summed E-state index contributed by atoms with van der Waals surface area (Å²) < 4.78 is 5.28. The summed E-state index contributed by atoms with van der Waals surface area (Å²) in [6.45, 7) is 3.35. The molecule has 0 radical (unpaired) electrons. The first-order valence-electron chi connectivity index (χ1n) is 8.06. The molecule has 1 aliphatic rings. The van der Waals surface area contributed by atoms with Crippen molar-refractivity contribution in [2.24, 2.45) is 5.92 Å². The Hall–Kier alpha value is -1.54. The molecule has 3 rings (SSSR count).